The van der Waals surface area contributed by atoms with Gasteiger partial charge in [0.1, 0.15) is 5.54 Å². The van der Waals surface area contributed by atoms with Gasteiger partial charge < -0.3 is 10.4 Å². The molecule has 0 aliphatic heterocycles. The van der Waals surface area contributed by atoms with Crippen LogP contribution in [0.1, 0.15) is 39.0 Å². The van der Waals surface area contributed by atoms with Crippen LogP contribution in [0.15, 0.2) is 0 Å². The van der Waals surface area contributed by atoms with Gasteiger partial charge in [-0.1, -0.05) is 19.8 Å². The standard InChI is InChI=1S/C9H17NO2/c1-2-7-10-9(8(11)12)5-3-4-6-9/h10H,2-7H2,1H3,(H,11,12). The zero-order valence-electron chi connectivity index (χ0n) is 7.60. The Bertz CT molecular complexity index is 162. The van der Waals surface area contributed by atoms with Gasteiger partial charge in [-0.05, 0) is 25.8 Å². The number of hydrogen-bond acceptors (Lipinski definition) is 2. The molecule has 1 aliphatic rings. The van der Waals surface area contributed by atoms with Crippen molar-refractivity contribution < 1.29 is 9.90 Å². The minimum Gasteiger partial charge on any atom is -0.480 e. The molecule has 1 aliphatic carbocycles. The Hall–Kier alpha value is -0.570. The van der Waals surface area contributed by atoms with E-state index in [4.69, 9.17) is 5.11 Å². The van der Waals surface area contributed by atoms with E-state index in [9.17, 15) is 4.79 Å². The Morgan fingerprint density at radius 3 is 2.50 bits per heavy atom. The van der Waals surface area contributed by atoms with Crippen LogP contribution in [0.25, 0.3) is 0 Å². The smallest absolute Gasteiger partial charge is 0.323 e. The molecule has 0 radical (unpaired) electrons. The van der Waals surface area contributed by atoms with E-state index in [1.807, 2.05) is 0 Å². The van der Waals surface area contributed by atoms with Gasteiger partial charge in [-0.2, -0.15) is 0 Å². The maximum Gasteiger partial charge on any atom is 0.323 e. The molecule has 0 aromatic heterocycles. The van der Waals surface area contributed by atoms with Crippen molar-refractivity contribution in [2.75, 3.05) is 6.54 Å². The van der Waals surface area contributed by atoms with Crippen LogP contribution in [-0.2, 0) is 4.79 Å². The highest BCUT2D eigenvalue weighted by molar-refractivity contribution is 5.79. The predicted octanol–water partition coefficient (Wildman–Crippen LogP) is 1.38. The third kappa shape index (κ3) is 1.78. The second kappa shape index (κ2) is 3.90. The van der Waals surface area contributed by atoms with E-state index in [1.165, 1.54) is 0 Å². The second-order valence-electron chi connectivity index (χ2n) is 3.52. The molecule has 0 atom stereocenters. The van der Waals surface area contributed by atoms with Gasteiger partial charge in [-0.15, -0.1) is 0 Å². The molecule has 2 N–H and O–H groups in total. The van der Waals surface area contributed by atoms with Crippen LogP contribution >= 0.6 is 0 Å². The van der Waals surface area contributed by atoms with Crippen LogP contribution in [0.5, 0.6) is 0 Å². The highest BCUT2D eigenvalue weighted by Crippen LogP contribution is 2.29. The summed E-state index contributed by atoms with van der Waals surface area (Å²) in [7, 11) is 0. The summed E-state index contributed by atoms with van der Waals surface area (Å²) < 4.78 is 0. The van der Waals surface area contributed by atoms with Crippen molar-refractivity contribution in [2.45, 2.75) is 44.6 Å². The molecule has 1 rings (SSSR count). The van der Waals surface area contributed by atoms with Crippen LogP contribution in [0.3, 0.4) is 0 Å². The maximum absolute atomic E-state index is 11.0. The topological polar surface area (TPSA) is 49.3 Å². The fourth-order valence-corrected chi connectivity index (χ4v) is 1.81. The average molecular weight is 171 g/mol. The van der Waals surface area contributed by atoms with E-state index >= 15 is 0 Å². The van der Waals surface area contributed by atoms with Gasteiger partial charge in [0.15, 0.2) is 0 Å². The summed E-state index contributed by atoms with van der Waals surface area (Å²) in [6.45, 7) is 2.86. The first-order valence-corrected chi connectivity index (χ1v) is 4.70. The van der Waals surface area contributed by atoms with Gasteiger partial charge in [-0.3, -0.25) is 4.79 Å². The molecule has 0 unspecified atom stereocenters. The largest absolute Gasteiger partial charge is 0.480 e. The SMILES string of the molecule is CCCNC1(C(=O)O)CCCC1. The monoisotopic (exact) mass is 171 g/mol. The number of hydrogen-bond donors (Lipinski definition) is 2. The molecule has 0 bridgehead atoms. The first kappa shape index (κ1) is 9.52. The molecule has 0 heterocycles. The number of aliphatic carboxylic acids is 1. The van der Waals surface area contributed by atoms with Gasteiger partial charge in [0.25, 0.3) is 0 Å². The first-order chi connectivity index (χ1) is 5.71. The van der Waals surface area contributed by atoms with Crippen LogP contribution in [0.4, 0.5) is 0 Å². The van der Waals surface area contributed by atoms with Gasteiger partial charge in [0.2, 0.25) is 0 Å². The Balaban J connectivity index is 2.53. The zero-order chi connectivity index (χ0) is 9.03. The molecule has 0 saturated heterocycles. The Kier molecular flexibility index (Phi) is 3.09. The minimum absolute atomic E-state index is 0.587. The zero-order valence-corrected chi connectivity index (χ0v) is 7.60. The highest BCUT2D eigenvalue weighted by atomic mass is 16.4. The second-order valence-corrected chi connectivity index (χ2v) is 3.52. The van der Waals surface area contributed by atoms with E-state index in [0.717, 1.165) is 38.6 Å². The summed E-state index contributed by atoms with van der Waals surface area (Å²) >= 11 is 0. The summed E-state index contributed by atoms with van der Waals surface area (Å²) in [6.07, 6.45) is 4.67. The lowest BCUT2D eigenvalue weighted by Gasteiger charge is -2.24. The van der Waals surface area contributed by atoms with Crippen molar-refractivity contribution in [1.29, 1.82) is 0 Å². The van der Waals surface area contributed by atoms with E-state index in [-0.39, 0.29) is 0 Å². The first-order valence-electron chi connectivity index (χ1n) is 4.70. The lowest BCUT2D eigenvalue weighted by molar-refractivity contribution is -0.144. The fraction of sp³-hybridized carbons (Fsp3) is 0.889. The van der Waals surface area contributed by atoms with Crippen molar-refractivity contribution >= 4 is 5.97 Å². The van der Waals surface area contributed by atoms with Gasteiger partial charge in [0, 0.05) is 0 Å². The van der Waals surface area contributed by atoms with Crippen molar-refractivity contribution in [3.8, 4) is 0 Å². The number of carbonyl (C=O) groups is 1. The third-order valence-electron chi connectivity index (χ3n) is 2.58. The lowest BCUT2D eigenvalue weighted by Crippen LogP contribution is -2.50. The molecule has 12 heavy (non-hydrogen) atoms. The average Bonchev–Trinajstić information content (AvgIpc) is 2.50. The van der Waals surface area contributed by atoms with Crippen LogP contribution in [0, 0.1) is 0 Å². The number of carboxylic acids is 1. The number of nitrogens with one attached hydrogen (secondary N) is 1. The van der Waals surface area contributed by atoms with E-state index in [1.54, 1.807) is 0 Å². The molecular weight excluding hydrogens is 154 g/mol. The van der Waals surface area contributed by atoms with Crippen LogP contribution in [-0.4, -0.2) is 23.2 Å². The number of rotatable bonds is 4. The van der Waals surface area contributed by atoms with Gasteiger partial charge in [-0.25, -0.2) is 0 Å². The third-order valence-corrected chi connectivity index (χ3v) is 2.58. The lowest BCUT2D eigenvalue weighted by atomic mass is 9.98. The Labute approximate surface area is 73.2 Å². The molecule has 70 valence electrons. The molecule has 0 aromatic rings. The molecule has 3 heteroatoms. The van der Waals surface area contributed by atoms with E-state index < -0.39 is 11.5 Å². The minimum atomic E-state index is -0.673. The summed E-state index contributed by atoms with van der Waals surface area (Å²) in [5.41, 5.74) is -0.587. The van der Waals surface area contributed by atoms with Crippen LogP contribution < -0.4 is 5.32 Å². The van der Waals surface area contributed by atoms with Gasteiger partial charge in [0.05, 0.1) is 0 Å². The molecule has 1 saturated carbocycles. The normalized spacial score (nSPS) is 21.1. The maximum atomic E-state index is 11.0. The number of carboxylic acid groups (broad SMARTS) is 1. The molecule has 3 nitrogen and oxygen atoms in total. The van der Waals surface area contributed by atoms with Crippen molar-refractivity contribution in [3.63, 3.8) is 0 Å². The highest BCUT2D eigenvalue weighted by Gasteiger charge is 2.40. The molecular formula is C9H17NO2. The summed E-state index contributed by atoms with van der Waals surface area (Å²) in [5.74, 6) is -0.673. The van der Waals surface area contributed by atoms with Crippen molar-refractivity contribution in [1.82, 2.24) is 5.32 Å². The predicted molar refractivity (Wildman–Crippen MR) is 47.1 cm³/mol. The summed E-state index contributed by atoms with van der Waals surface area (Å²) in [4.78, 5) is 11.0. The summed E-state index contributed by atoms with van der Waals surface area (Å²) in [5, 5.41) is 12.2. The quantitative estimate of drug-likeness (QED) is 0.672. The van der Waals surface area contributed by atoms with Crippen molar-refractivity contribution in [2.24, 2.45) is 0 Å². The summed E-state index contributed by atoms with van der Waals surface area (Å²) in [6, 6.07) is 0. The molecule has 1 fully saturated rings. The fourth-order valence-electron chi connectivity index (χ4n) is 1.81. The van der Waals surface area contributed by atoms with Gasteiger partial charge >= 0.3 is 5.97 Å². The molecule has 0 aromatic carbocycles. The Morgan fingerprint density at radius 1 is 1.50 bits per heavy atom. The molecule has 0 spiro atoms. The van der Waals surface area contributed by atoms with Crippen LogP contribution in [0.2, 0.25) is 0 Å². The Morgan fingerprint density at radius 2 is 2.08 bits per heavy atom. The van der Waals surface area contributed by atoms with E-state index in [2.05, 4.69) is 12.2 Å². The van der Waals surface area contributed by atoms with E-state index in [0.29, 0.717) is 0 Å². The van der Waals surface area contributed by atoms with Crippen molar-refractivity contribution in [3.05, 3.63) is 0 Å². The molecule has 0 amide bonds.